The summed E-state index contributed by atoms with van der Waals surface area (Å²) in [5.41, 5.74) is 1.10. The van der Waals surface area contributed by atoms with Gasteiger partial charge in [0, 0.05) is 24.7 Å². The normalized spacial score (nSPS) is 28.2. The van der Waals surface area contributed by atoms with Crippen LogP contribution in [-0.4, -0.2) is 40.4 Å². The van der Waals surface area contributed by atoms with Gasteiger partial charge in [-0.3, -0.25) is 0 Å². The molecule has 0 spiro atoms. The highest BCUT2D eigenvalue weighted by atomic mass is 16.4. The first-order valence-electron chi connectivity index (χ1n) is 7.64. The zero-order chi connectivity index (χ0) is 15.1. The molecule has 1 aromatic heterocycles. The maximum absolute atomic E-state index is 11.3. The van der Waals surface area contributed by atoms with Gasteiger partial charge >= 0.3 is 5.97 Å². The number of hydrogen-bond donors (Lipinski definition) is 2. The summed E-state index contributed by atoms with van der Waals surface area (Å²) in [4.78, 5) is 18.1. The summed E-state index contributed by atoms with van der Waals surface area (Å²) in [7, 11) is 0. The van der Waals surface area contributed by atoms with Crippen molar-refractivity contribution in [3.8, 4) is 0 Å². The van der Waals surface area contributed by atoms with Crippen molar-refractivity contribution in [1.82, 2.24) is 4.98 Å². The Morgan fingerprint density at radius 1 is 1.33 bits per heavy atom. The monoisotopic (exact) mass is 290 g/mol. The number of rotatable bonds is 3. The van der Waals surface area contributed by atoms with E-state index in [1.54, 1.807) is 12.1 Å². The van der Waals surface area contributed by atoms with Crippen molar-refractivity contribution in [3.63, 3.8) is 0 Å². The Morgan fingerprint density at radius 3 is 2.71 bits per heavy atom. The maximum atomic E-state index is 11.3. The predicted molar refractivity (Wildman–Crippen MR) is 79.7 cm³/mol. The zero-order valence-electron chi connectivity index (χ0n) is 12.5. The van der Waals surface area contributed by atoms with Gasteiger partial charge in [0.25, 0.3) is 0 Å². The van der Waals surface area contributed by atoms with Crippen LogP contribution < -0.4 is 4.90 Å². The molecule has 1 aliphatic heterocycles. The molecule has 2 N–H and O–H groups in total. The second kappa shape index (κ2) is 5.30. The van der Waals surface area contributed by atoms with Gasteiger partial charge in [0.1, 0.15) is 5.82 Å². The summed E-state index contributed by atoms with van der Waals surface area (Å²) in [6.07, 6.45) is 1.73. The molecule has 1 saturated heterocycles. The largest absolute Gasteiger partial charge is 0.478 e. The first-order chi connectivity index (χ1) is 9.95. The smallest absolute Gasteiger partial charge is 0.335 e. The lowest BCUT2D eigenvalue weighted by Crippen LogP contribution is -2.25. The SMILES string of the molecule is CC(C)c1cc(C(=O)O)cc(N2CC3CCC(O)C3C2)n1. The van der Waals surface area contributed by atoms with Crippen LogP contribution in [0, 0.1) is 11.8 Å². The molecule has 0 amide bonds. The van der Waals surface area contributed by atoms with E-state index in [1.165, 1.54) is 0 Å². The van der Waals surface area contributed by atoms with E-state index >= 15 is 0 Å². The minimum absolute atomic E-state index is 0.191. The summed E-state index contributed by atoms with van der Waals surface area (Å²) in [5.74, 6) is 0.830. The van der Waals surface area contributed by atoms with Gasteiger partial charge in [-0.25, -0.2) is 9.78 Å². The molecule has 3 rings (SSSR count). The molecule has 1 aromatic rings. The van der Waals surface area contributed by atoms with E-state index in [1.807, 2.05) is 13.8 Å². The van der Waals surface area contributed by atoms with Crippen LogP contribution in [0.2, 0.25) is 0 Å². The van der Waals surface area contributed by atoms with E-state index in [-0.39, 0.29) is 12.0 Å². The number of anilines is 1. The number of nitrogens with zero attached hydrogens (tertiary/aromatic N) is 2. The highest BCUT2D eigenvalue weighted by molar-refractivity contribution is 5.88. The van der Waals surface area contributed by atoms with Gasteiger partial charge in [0.2, 0.25) is 0 Å². The third-order valence-corrected chi connectivity index (χ3v) is 4.81. The zero-order valence-corrected chi connectivity index (χ0v) is 12.5. The van der Waals surface area contributed by atoms with Crippen LogP contribution in [0.1, 0.15) is 48.7 Å². The second-order valence-electron chi connectivity index (χ2n) is 6.57. The summed E-state index contributed by atoms with van der Waals surface area (Å²) >= 11 is 0. The van der Waals surface area contributed by atoms with Crippen LogP contribution in [0.3, 0.4) is 0 Å². The van der Waals surface area contributed by atoms with Gasteiger partial charge in [-0.05, 0) is 36.8 Å². The van der Waals surface area contributed by atoms with Gasteiger partial charge in [-0.1, -0.05) is 13.8 Å². The number of carboxylic acid groups (broad SMARTS) is 1. The molecule has 0 radical (unpaired) electrons. The number of aliphatic hydroxyl groups excluding tert-OH is 1. The molecule has 114 valence electrons. The summed E-state index contributed by atoms with van der Waals surface area (Å²) < 4.78 is 0. The minimum Gasteiger partial charge on any atom is -0.478 e. The average Bonchev–Trinajstić information content (AvgIpc) is 3.01. The fraction of sp³-hybridized carbons (Fsp3) is 0.625. The topological polar surface area (TPSA) is 73.7 Å². The van der Waals surface area contributed by atoms with Crippen LogP contribution in [0.15, 0.2) is 12.1 Å². The van der Waals surface area contributed by atoms with Crippen molar-refractivity contribution in [1.29, 1.82) is 0 Å². The Balaban J connectivity index is 1.90. The minimum atomic E-state index is -0.917. The van der Waals surface area contributed by atoms with Crippen LogP contribution in [0.25, 0.3) is 0 Å². The standard InChI is InChI=1S/C16H22N2O3/c1-9(2)13-5-11(16(20)21)6-15(17-13)18-7-10-3-4-14(19)12(10)8-18/h5-6,9-10,12,14,19H,3-4,7-8H2,1-2H3,(H,20,21). The van der Waals surface area contributed by atoms with Gasteiger partial charge in [-0.15, -0.1) is 0 Å². The number of aromatic nitrogens is 1. The first kappa shape index (κ1) is 14.3. The molecule has 3 atom stereocenters. The van der Waals surface area contributed by atoms with Crippen molar-refractivity contribution >= 4 is 11.8 Å². The quantitative estimate of drug-likeness (QED) is 0.892. The molecule has 2 fully saturated rings. The van der Waals surface area contributed by atoms with E-state index in [2.05, 4.69) is 9.88 Å². The van der Waals surface area contributed by atoms with Crippen LogP contribution in [-0.2, 0) is 0 Å². The highest BCUT2D eigenvalue weighted by Gasteiger charge is 2.42. The van der Waals surface area contributed by atoms with Crippen molar-refractivity contribution in [3.05, 3.63) is 23.4 Å². The number of aromatic carboxylic acids is 1. The number of aliphatic hydroxyl groups is 1. The van der Waals surface area contributed by atoms with E-state index in [9.17, 15) is 15.0 Å². The fourth-order valence-corrected chi connectivity index (χ4v) is 3.54. The van der Waals surface area contributed by atoms with Crippen LogP contribution >= 0.6 is 0 Å². The van der Waals surface area contributed by atoms with Crippen LogP contribution in [0.5, 0.6) is 0 Å². The molecule has 2 aliphatic rings. The lowest BCUT2D eigenvalue weighted by molar-refractivity contribution is 0.0696. The average molecular weight is 290 g/mol. The number of carbonyl (C=O) groups is 1. The number of pyridine rings is 1. The Hall–Kier alpha value is -1.62. The third-order valence-electron chi connectivity index (χ3n) is 4.81. The second-order valence-corrected chi connectivity index (χ2v) is 6.57. The Labute approximate surface area is 124 Å². The molecular weight excluding hydrogens is 268 g/mol. The van der Waals surface area contributed by atoms with Gasteiger partial charge < -0.3 is 15.1 Å². The van der Waals surface area contributed by atoms with Crippen molar-refractivity contribution in [2.75, 3.05) is 18.0 Å². The summed E-state index contributed by atoms with van der Waals surface area (Å²) in [6.45, 7) is 5.68. The summed E-state index contributed by atoms with van der Waals surface area (Å²) in [5, 5.41) is 19.3. The van der Waals surface area contributed by atoms with Crippen molar-refractivity contribution < 1.29 is 15.0 Å². The molecule has 1 saturated carbocycles. The summed E-state index contributed by atoms with van der Waals surface area (Å²) in [6, 6.07) is 3.31. The highest BCUT2D eigenvalue weighted by Crippen LogP contribution is 2.39. The third kappa shape index (κ3) is 2.62. The number of fused-ring (bicyclic) bond motifs is 1. The molecule has 0 aromatic carbocycles. The van der Waals surface area contributed by atoms with E-state index in [0.29, 0.717) is 17.4 Å². The molecule has 0 bridgehead atoms. The predicted octanol–water partition coefficient (Wildman–Crippen LogP) is 2.11. The van der Waals surface area contributed by atoms with Gasteiger partial charge in [-0.2, -0.15) is 0 Å². The first-order valence-corrected chi connectivity index (χ1v) is 7.64. The molecule has 2 heterocycles. The Bertz CT molecular complexity index is 558. The lowest BCUT2D eigenvalue weighted by Gasteiger charge is -2.21. The Morgan fingerprint density at radius 2 is 2.10 bits per heavy atom. The molecular formula is C16H22N2O3. The van der Waals surface area contributed by atoms with E-state index in [0.717, 1.165) is 37.4 Å². The number of hydrogen-bond acceptors (Lipinski definition) is 4. The van der Waals surface area contributed by atoms with E-state index < -0.39 is 5.97 Å². The van der Waals surface area contributed by atoms with Gasteiger partial charge in [0.15, 0.2) is 0 Å². The molecule has 1 aliphatic carbocycles. The van der Waals surface area contributed by atoms with E-state index in [4.69, 9.17) is 0 Å². The molecule has 3 unspecified atom stereocenters. The van der Waals surface area contributed by atoms with Gasteiger partial charge in [0.05, 0.1) is 11.7 Å². The number of carboxylic acids is 1. The van der Waals surface area contributed by atoms with Crippen molar-refractivity contribution in [2.45, 2.75) is 38.7 Å². The lowest BCUT2D eigenvalue weighted by atomic mass is 10.00. The van der Waals surface area contributed by atoms with Crippen molar-refractivity contribution in [2.24, 2.45) is 11.8 Å². The molecule has 5 nitrogen and oxygen atoms in total. The molecule has 5 heteroatoms. The fourth-order valence-electron chi connectivity index (χ4n) is 3.54. The maximum Gasteiger partial charge on any atom is 0.335 e. The van der Waals surface area contributed by atoms with Crippen LogP contribution in [0.4, 0.5) is 5.82 Å². The molecule has 21 heavy (non-hydrogen) atoms. The Kier molecular flexibility index (Phi) is 3.61.